The molecule has 4 aromatic heterocycles. The smallest absolute Gasteiger partial charge is 0.359 e. The summed E-state index contributed by atoms with van der Waals surface area (Å²) in [5.74, 6) is 2.23. The number of rotatable bonds is 7. The van der Waals surface area contributed by atoms with Gasteiger partial charge in [-0.25, -0.2) is 14.6 Å². The van der Waals surface area contributed by atoms with E-state index in [1.54, 1.807) is 36.5 Å². The molecule has 4 heterocycles. The third-order valence-corrected chi connectivity index (χ3v) is 6.50. The number of alkyl halides is 3. The number of nitrogens with zero attached hydrogens (tertiary/aromatic N) is 8. The van der Waals surface area contributed by atoms with Crippen molar-refractivity contribution in [3.05, 3.63) is 107 Å². The van der Waals surface area contributed by atoms with E-state index in [0.717, 1.165) is 27.6 Å². The molecular weight excluding hydrogens is 529 g/mol. The van der Waals surface area contributed by atoms with Gasteiger partial charge in [0.15, 0.2) is 17.3 Å². The summed E-state index contributed by atoms with van der Waals surface area (Å²) in [4.78, 5) is 15.0. The maximum atomic E-state index is 13.3. The average molecular weight is 557 g/mol. The lowest BCUT2D eigenvalue weighted by atomic mass is 9.91. The summed E-state index contributed by atoms with van der Waals surface area (Å²) in [6, 6.07) is 19.3. The zero-order chi connectivity index (χ0) is 29.3. The summed E-state index contributed by atoms with van der Waals surface area (Å²) >= 11 is 0. The number of aromatic nitrogens is 6. The van der Waals surface area contributed by atoms with E-state index < -0.39 is 11.9 Å². The Hall–Kier alpha value is -4.98. The summed E-state index contributed by atoms with van der Waals surface area (Å²) in [5.41, 5.74) is 2.01. The standard InChI is InChI=1S/C30H27F3N8/c1-19(2)21-9-6-10-22(20(3)4)29(21)41(28-14-8-12-26(36-28)40-18-16-24(34-5)38-40)27-13-7-11-25(35-27)39-17-15-23(37-39)30(31,32)33/h6-20H,1-4H3. The van der Waals surface area contributed by atoms with E-state index in [9.17, 15) is 13.2 Å². The van der Waals surface area contributed by atoms with Crippen molar-refractivity contribution in [2.45, 2.75) is 45.7 Å². The summed E-state index contributed by atoms with van der Waals surface area (Å²) < 4.78 is 42.5. The average Bonchev–Trinajstić information content (AvgIpc) is 3.64. The zero-order valence-electron chi connectivity index (χ0n) is 22.9. The van der Waals surface area contributed by atoms with Gasteiger partial charge >= 0.3 is 6.18 Å². The molecule has 0 aliphatic carbocycles. The van der Waals surface area contributed by atoms with Crippen molar-refractivity contribution in [3.63, 3.8) is 0 Å². The third kappa shape index (κ3) is 5.54. The second-order valence-electron chi connectivity index (χ2n) is 10.0. The van der Waals surface area contributed by atoms with Crippen LogP contribution in [0.4, 0.5) is 36.3 Å². The Morgan fingerprint density at radius 2 is 1.24 bits per heavy atom. The number of halogens is 3. The molecular formula is C30H27F3N8. The molecule has 0 atom stereocenters. The van der Waals surface area contributed by atoms with Gasteiger partial charge in [-0.1, -0.05) is 64.6 Å². The Labute approximate surface area is 235 Å². The van der Waals surface area contributed by atoms with E-state index >= 15 is 0 Å². The van der Waals surface area contributed by atoms with Gasteiger partial charge in [0.2, 0.25) is 0 Å². The van der Waals surface area contributed by atoms with E-state index in [0.29, 0.717) is 17.5 Å². The van der Waals surface area contributed by atoms with Crippen LogP contribution in [0, 0.1) is 6.57 Å². The van der Waals surface area contributed by atoms with E-state index in [2.05, 4.69) is 54.9 Å². The third-order valence-electron chi connectivity index (χ3n) is 6.50. The van der Waals surface area contributed by atoms with E-state index in [4.69, 9.17) is 16.5 Å². The Balaban J connectivity index is 1.73. The van der Waals surface area contributed by atoms with Crippen LogP contribution in [-0.4, -0.2) is 29.5 Å². The van der Waals surface area contributed by atoms with Crippen LogP contribution in [0.25, 0.3) is 16.5 Å². The second kappa shape index (κ2) is 10.9. The molecule has 0 unspecified atom stereocenters. The van der Waals surface area contributed by atoms with Gasteiger partial charge in [-0.15, -0.1) is 4.68 Å². The largest absolute Gasteiger partial charge is 0.435 e. The van der Waals surface area contributed by atoms with Crippen LogP contribution in [0.15, 0.2) is 79.1 Å². The van der Waals surface area contributed by atoms with Crippen molar-refractivity contribution < 1.29 is 13.2 Å². The summed E-state index contributed by atoms with van der Waals surface area (Å²) in [6.07, 6.45) is -1.66. The van der Waals surface area contributed by atoms with Crippen molar-refractivity contribution in [1.29, 1.82) is 0 Å². The zero-order valence-corrected chi connectivity index (χ0v) is 22.9. The molecule has 8 nitrogen and oxygen atoms in total. The minimum Gasteiger partial charge on any atom is -0.359 e. The molecule has 0 saturated carbocycles. The SMILES string of the molecule is [C-]#[N+]c1ccn(-c2cccc(N(c3cccc(-n4ccc(C(F)(F)F)n4)n3)c3c(C(C)C)cccc3C(C)C)n2)n1. The fraction of sp³-hybridized carbons (Fsp3) is 0.233. The first-order valence-electron chi connectivity index (χ1n) is 13.0. The topological polar surface area (TPSA) is 69.0 Å². The minimum absolute atomic E-state index is 0.144. The second-order valence-corrected chi connectivity index (χ2v) is 10.0. The van der Waals surface area contributed by atoms with Crippen LogP contribution in [0.1, 0.15) is 56.4 Å². The molecule has 0 amide bonds. The predicted octanol–water partition coefficient (Wildman–Crippen LogP) is 8.13. The van der Waals surface area contributed by atoms with Gasteiger partial charge in [0, 0.05) is 12.4 Å². The van der Waals surface area contributed by atoms with Crippen molar-refractivity contribution in [1.82, 2.24) is 29.5 Å². The Bertz CT molecular complexity index is 1700. The molecule has 0 saturated heterocycles. The van der Waals surface area contributed by atoms with Crippen LogP contribution in [0.2, 0.25) is 0 Å². The Morgan fingerprint density at radius 3 is 1.71 bits per heavy atom. The first-order valence-corrected chi connectivity index (χ1v) is 13.0. The number of para-hydroxylation sites is 1. The molecule has 0 spiro atoms. The van der Waals surface area contributed by atoms with Gasteiger partial charge in [0.1, 0.15) is 11.6 Å². The van der Waals surface area contributed by atoms with Gasteiger partial charge in [0.25, 0.3) is 5.82 Å². The summed E-state index contributed by atoms with van der Waals surface area (Å²) in [5, 5.41) is 7.99. The molecule has 41 heavy (non-hydrogen) atoms. The molecule has 0 fully saturated rings. The van der Waals surface area contributed by atoms with Crippen LogP contribution in [-0.2, 0) is 6.18 Å². The quantitative estimate of drug-likeness (QED) is 0.189. The van der Waals surface area contributed by atoms with Gasteiger partial charge < -0.3 is 4.85 Å². The normalized spacial score (nSPS) is 11.7. The number of hydrogen-bond acceptors (Lipinski definition) is 5. The van der Waals surface area contributed by atoms with Crippen LogP contribution in [0.3, 0.4) is 0 Å². The van der Waals surface area contributed by atoms with E-state index in [1.807, 2.05) is 23.1 Å². The van der Waals surface area contributed by atoms with Crippen LogP contribution < -0.4 is 4.90 Å². The van der Waals surface area contributed by atoms with E-state index in [-0.39, 0.29) is 23.5 Å². The fourth-order valence-corrected chi connectivity index (χ4v) is 4.55. The first-order chi connectivity index (χ1) is 19.6. The van der Waals surface area contributed by atoms with Crippen molar-refractivity contribution in [3.8, 4) is 11.6 Å². The highest BCUT2D eigenvalue weighted by Crippen LogP contribution is 2.42. The van der Waals surface area contributed by atoms with Crippen molar-refractivity contribution in [2.75, 3.05) is 4.90 Å². The lowest BCUT2D eigenvalue weighted by Crippen LogP contribution is -2.19. The molecule has 0 aliphatic rings. The maximum Gasteiger partial charge on any atom is 0.435 e. The maximum absolute atomic E-state index is 13.3. The first kappa shape index (κ1) is 27.6. The molecule has 0 radical (unpaired) electrons. The molecule has 0 aliphatic heterocycles. The molecule has 0 N–H and O–H groups in total. The number of benzene rings is 1. The van der Waals surface area contributed by atoms with Gasteiger partial charge in [-0.2, -0.15) is 18.3 Å². The fourth-order valence-electron chi connectivity index (χ4n) is 4.55. The molecule has 1 aromatic carbocycles. The van der Waals surface area contributed by atoms with Crippen molar-refractivity contribution in [2.24, 2.45) is 0 Å². The highest BCUT2D eigenvalue weighted by Gasteiger charge is 2.34. The highest BCUT2D eigenvalue weighted by molar-refractivity contribution is 5.78. The molecule has 0 bridgehead atoms. The summed E-state index contributed by atoms with van der Waals surface area (Å²) in [6.45, 7) is 15.7. The van der Waals surface area contributed by atoms with Crippen molar-refractivity contribution >= 4 is 23.1 Å². The van der Waals surface area contributed by atoms with Crippen LogP contribution >= 0.6 is 0 Å². The molecule has 11 heteroatoms. The van der Waals surface area contributed by atoms with Gasteiger partial charge in [0.05, 0.1) is 5.69 Å². The highest BCUT2D eigenvalue weighted by atomic mass is 19.4. The number of hydrogen-bond donors (Lipinski definition) is 0. The number of pyridine rings is 2. The van der Waals surface area contributed by atoms with Gasteiger partial charge in [-0.05, 0) is 64.5 Å². The van der Waals surface area contributed by atoms with Crippen LogP contribution in [0.5, 0.6) is 0 Å². The minimum atomic E-state index is -4.57. The molecule has 5 aromatic rings. The lowest BCUT2D eigenvalue weighted by molar-refractivity contribution is -0.141. The van der Waals surface area contributed by atoms with E-state index in [1.165, 1.54) is 10.9 Å². The number of anilines is 3. The predicted molar refractivity (Wildman–Crippen MR) is 150 cm³/mol. The molecule has 5 rings (SSSR count). The lowest BCUT2D eigenvalue weighted by Gasteiger charge is -2.30. The monoisotopic (exact) mass is 556 g/mol. The van der Waals surface area contributed by atoms with Gasteiger partial charge in [-0.3, -0.25) is 4.90 Å². The summed E-state index contributed by atoms with van der Waals surface area (Å²) in [7, 11) is 0. The Kier molecular flexibility index (Phi) is 7.32. The molecule has 208 valence electrons. The Morgan fingerprint density at radius 1 is 0.732 bits per heavy atom.